The topological polar surface area (TPSA) is 77.8 Å². The van der Waals surface area contributed by atoms with Gasteiger partial charge in [0.05, 0.1) is 0 Å². The minimum atomic E-state index is -2.99. The molecule has 0 aliphatic heterocycles. The molecule has 10 heavy (non-hydrogen) atoms. The van der Waals surface area contributed by atoms with Gasteiger partial charge in [0.15, 0.2) is 0 Å². The van der Waals surface area contributed by atoms with Crippen molar-refractivity contribution in [3.05, 3.63) is 0 Å². The lowest BCUT2D eigenvalue weighted by Gasteiger charge is -2.09. The third kappa shape index (κ3) is 7.61. The van der Waals surface area contributed by atoms with Crippen molar-refractivity contribution in [3.63, 3.8) is 0 Å². The fourth-order valence-electron chi connectivity index (χ4n) is 0.575. The summed E-state index contributed by atoms with van der Waals surface area (Å²) in [5, 5.41) is 8.16. The Morgan fingerprint density at radius 2 is 2.00 bits per heavy atom. The largest absolute Gasteiger partial charge is 0.481 e. The van der Waals surface area contributed by atoms with Crippen LogP contribution >= 0.6 is 0 Å². The smallest absolute Gasteiger partial charge is 0.329 e. The van der Waals surface area contributed by atoms with E-state index in [4.69, 9.17) is 14.7 Å². The molecule has 0 aromatic rings. The van der Waals surface area contributed by atoms with Crippen molar-refractivity contribution in [2.24, 2.45) is 0 Å². The van der Waals surface area contributed by atoms with Gasteiger partial charge in [-0.25, -0.2) is 0 Å². The van der Waals surface area contributed by atoms with E-state index in [1.54, 1.807) is 0 Å². The van der Waals surface area contributed by atoms with Crippen LogP contribution in [0.5, 0.6) is 0 Å². The van der Waals surface area contributed by atoms with E-state index >= 15 is 0 Å². The molecule has 0 aliphatic rings. The van der Waals surface area contributed by atoms with Crippen LogP contribution in [0.25, 0.3) is 0 Å². The maximum absolute atomic E-state index is 9.94. The number of hydrogen-bond acceptors (Lipinski definition) is 3. The highest BCUT2D eigenvalue weighted by Gasteiger charge is 2.20. The van der Waals surface area contributed by atoms with E-state index < -0.39 is 14.5 Å². The van der Waals surface area contributed by atoms with Gasteiger partial charge in [-0.1, -0.05) is 0 Å². The minimum absolute atomic E-state index is 0.0176. The highest BCUT2D eigenvalue weighted by Crippen LogP contribution is 2.06. The molecule has 0 aliphatic carbocycles. The number of carbonyl (C=O) groups is 1. The van der Waals surface area contributed by atoms with E-state index in [0.29, 0.717) is 6.42 Å². The zero-order valence-corrected chi connectivity index (χ0v) is 6.87. The molecule has 4 nitrogen and oxygen atoms in total. The second-order valence-corrected chi connectivity index (χ2v) is 5.40. The van der Waals surface area contributed by atoms with Gasteiger partial charge in [-0.15, -0.1) is 0 Å². The van der Waals surface area contributed by atoms with Crippen molar-refractivity contribution in [2.45, 2.75) is 25.4 Å². The molecule has 0 bridgehead atoms. The normalized spacial score (nSPS) is 11.5. The first-order valence-electron chi connectivity index (χ1n) is 3.08. The van der Waals surface area contributed by atoms with Gasteiger partial charge in [-0.05, 0) is 19.0 Å². The van der Waals surface area contributed by atoms with Crippen LogP contribution in [0.2, 0.25) is 12.6 Å². The van der Waals surface area contributed by atoms with Gasteiger partial charge in [-0.2, -0.15) is 0 Å². The van der Waals surface area contributed by atoms with Gasteiger partial charge in [0.1, 0.15) is 0 Å². The standard InChI is InChI=1S/C5H12O4Si/c1-10(8,9)4-2-3-5(6)7/h8-9H,2-4H2,1H3,(H,6,7). The first-order valence-corrected chi connectivity index (χ1v) is 5.68. The van der Waals surface area contributed by atoms with Crippen LogP contribution in [-0.4, -0.2) is 29.2 Å². The third-order valence-electron chi connectivity index (χ3n) is 1.04. The minimum Gasteiger partial charge on any atom is -0.481 e. The van der Waals surface area contributed by atoms with E-state index in [2.05, 4.69) is 0 Å². The molecule has 0 saturated carbocycles. The monoisotopic (exact) mass is 164 g/mol. The molecule has 0 saturated heterocycles. The van der Waals surface area contributed by atoms with Crippen LogP contribution in [0.1, 0.15) is 12.8 Å². The average Bonchev–Trinajstić information content (AvgIpc) is 1.59. The zero-order valence-electron chi connectivity index (χ0n) is 5.87. The predicted octanol–water partition coefficient (Wildman–Crippen LogP) is -0.0922. The summed E-state index contributed by atoms with van der Waals surface area (Å²) in [7, 11) is -2.99. The van der Waals surface area contributed by atoms with Crippen molar-refractivity contribution < 1.29 is 19.5 Å². The lowest BCUT2D eigenvalue weighted by molar-refractivity contribution is -0.137. The molecule has 0 aromatic carbocycles. The quantitative estimate of drug-likeness (QED) is 0.507. The molecule has 0 rings (SSSR count). The Morgan fingerprint density at radius 3 is 2.30 bits per heavy atom. The van der Waals surface area contributed by atoms with Crippen LogP contribution in [0.15, 0.2) is 0 Å². The summed E-state index contributed by atoms with van der Waals surface area (Å²) in [5.74, 6) is -0.891. The highest BCUT2D eigenvalue weighted by molar-refractivity contribution is 6.63. The van der Waals surface area contributed by atoms with E-state index in [-0.39, 0.29) is 12.5 Å². The zero-order chi connectivity index (χ0) is 8.20. The molecule has 0 fully saturated rings. The number of carboxylic acids is 1. The lowest BCUT2D eigenvalue weighted by atomic mass is 10.3. The molecule has 60 valence electrons. The van der Waals surface area contributed by atoms with Gasteiger partial charge >= 0.3 is 14.5 Å². The molecular formula is C5H12O4Si. The molecule has 0 unspecified atom stereocenters. The van der Waals surface area contributed by atoms with Gasteiger partial charge in [0.2, 0.25) is 0 Å². The van der Waals surface area contributed by atoms with Crippen LogP contribution < -0.4 is 0 Å². The fourth-order valence-corrected chi connectivity index (χ4v) is 1.42. The second-order valence-electron chi connectivity index (χ2n) is 2.46. The highest BCUT2D eigenvalue weighted by atomic mass is 28.4. The van der Waals surface area contributed by atoms with Gasteiger partial charge in [-0.3, -0.25) is 4.79 Å². The fraction of sp³-hybridized carbons (Fsp3) is 0.800. The Hall–Kier alpha value is -0.393. The van der Waals surface area contributed by atoms with E-state index in [9.17, 15) is 4.79 Å². The molecule has 0 atom stereocenters. The molecular weight excluding hydrogens is 152 g/mol. The van der Waals surface area contributed by atoms with Crippen LogP contribution in [0.4, 0.5) is 0 Å². The Bertz CT molecular complexity index is 117. The first-order chi connectivity index (χ1) is 4.42. The molecule has 0 heterocycles. The second kappa shape index (κ2) is 3.70. The molecule has 5 heteroatoms. The Kier molecular flexibility index (Phi) is 3.55. The number of aliphatic carboxylic acids is 1. The van der Waals surface area contributed by atoms with Crippen LogP contribution in [0, 0.1) is 0 Å². The van der Waals surface area contributed by atoms with Crippen molar-refractivity contribution >= 4 is 14.5 Å². The van der Waals surface area contributed by atoms with E-state index in [1.165, 1.54) is 6.55 Å². The van der Waals surface area contributed by atoms with Gasteiger partial charge in [0.25, 0.3) is 0 Å². The Balaban J connectivity index is 3.29. The maximum atomic E-state index is 9.94. The number of rotatable bonds is 4. The van der Waals surface area contributed by atoms with Crippen LogP contribution in [-0.2, 0) is 4.79 Å². The molecule has 0 aromatic heterocycles. The Labute approximate surface area is 60.4 Å². The van der Waals surface area contributed by atoms with Crippen molar-refractivity contribution in [2.75, 3.05) is 0 Å². The average molecular weight is 164 g/mol. The third-order valence-corrected chi connectivity index (χ3v) is 2.34. The van der Waals surface area contributed by atoms with E-state index in [0.717, 1.165) is 0 Å². The Morgan fingerprint density at radius 1 is 1.50 bits per heavy atom. The van der Waals surface area contributed by atoms with Gasteiger partial charge < -0.3 is 14.7 Å². The van der Waals surface area contributed by atoms with Crippen LogP contribution in [0.3, 0.4) is 0 Å². The van der Waals surface area contributed by atoms with Crippen molar-refractivity contribution in [3.8, 4) is 0 Å². The molecule has 0 amide bonds. The lowest BCUT2D eigenvalue weighted by Crippen LogP contribution is -2.29. The number of hydrogen-bond donors (Lipinski definition) is 3. The van der Waals surface area contributed by atoms with Crippen molar-refractivity contribution in [1.82, 2.24) is 0 Å². The molecule has 0 radical (unpaired) electrons. The van der Waals surface area contributed by atoms with E-state index in [1.807, 2.05) is 0 Å². The summed E-state index contributed by atoms with van der Waals surface area (Å²) < 4.78 is 0. The number of carboxylic acid groups (broad SMARTS) is 1. The molecule has 0 spiro atoms. The van der Waals surface area contributed by atoms with Crippen molar-refractivity contribution in [1.29, 1.82) is 0 Å². The summed E-state index contributed by atoms with van der Waals surface area (Å²) in [6.45, 7) is 1.37. The summed E-state index contributed by atoms with van der Waals surface area (Å²) in [4.78, 5) is 27.6. The summed E-state index contributed by atoms with van der Waals surface area (Å²) in [6, 6.07) is 0.235. The summed E-state index contributed by atoms with van der Waals surface area (Å²) in [5.41, 5.74) is 0. The first kappa shape index (κ1) is 9.61. The maximum Gasteiger partial charge on any atom is 0.329 e. The summed E-state index contributed by atoms with van der Waals surface area (Å²) >= 11 is 0. The van der Waals surface area contributed by atoms with Gasteiger partial charge in [0, 0.05) is 6.42 Å². The SMILES string of the molecule is C[Si](O)(O)CCCC(=O)O. The summed E-state index contributed by atoms with van der Waals surface area (Å²) in [6.07, 6.45) is 0.370. The predicted molar refractivity (Wildman–Crippen MR) is 37.7 cm³/mol. The molecule has 3 N–H and O–H groups in total.